The predicted octanol–water partition coefficient (Wildman–Crippen LogP) is 2.19. The molecule has 0 aliphatic carbocycles. The van der Waals surface area contributed by atoms with Crippen LogP contribution in [0.2, 0.25) is 0 Å². The summed E-state index contributed by atoms with van der Waals surface area (Å²) in [6, 6.07) is 10.2. The van der Waals surface area contributed by atoms with Crippen LogP contribution in [0.4, 0.5) is 5.82 Å². The van der Waals surface area contributed by atoms with Gasteiger partial charge in [-0.2, -0.15) is 5.26 Å². The van der Waals surface area contributed by atoms with Crippen LogP contribution in [-0.2, 0) is 6.42 Å². The van der Waals surface area contributed by atoms with Crippen molar-refractivity contribution in [3.63, 3.8) is 0 Å². The van der Waals surface area contributed by atoms with E-state index in [1.165, 1.54) is 23.5 Å². The fourth-order valence-corrected chi connectivity index (χ4v) is 2.06. The second kappa shape index (κ2) is 7.31. The molecule has 0 aliphatic rings. The zero-order chi connectivity index (χ0) is 15.1. The van der Waals surface area contributed by atoms with Crippen LogP contribution >= 0.6 is 12.2 Å². The van der Waals surface area contributed by atoms with Crippen LogP contribution in [0.15, 0.2) is 36.7 Å². The zero-order valence-electron chi connectivity index (χ0n) is 11.6. The highest BCUT2D eigenvalue weighted by Gasteiger charge is 2.05. The summed E-state index contributed by atoms with van der Waals surface area (Å²) in [7, 11) is 0. The Bertz CT molecular complexity index is 678. The molecule has 0 atom stereocenters. The summed E-state index contributed by atoms with van der Waals surface area (Å²) >= 11 is 5.19. The molecule has 0 saturated heterocycles. The first-order valence-electron chi connectivity index (χ1n) is 6.51. The predicted molar refractivity (Wildman–Crippen MR) is 85.9 cm³/mol. The second-order valence-electron chi connectivity index (χ2n) is 4.42. The molecule has 0 saturated carbocycles. The number of aromatic nitrogens is 2. The SMILES string of the molecule is Cc1ccccc1CCNC(=S)Nc1nccnc1C#N. The number of anilines is 1. The molecule has 6 heteroatoms. The molecule has 0 amide bonds. The average Bonchev–Trinajstić information content (AvgIpc) is 2.50. The lowest BCUT2D eigenvalue weighted by molar-refractivity contribution is 0.867. The number of thiocarbonyl (C=S) groups is 1. The van der Waals surface area contributed by atoms with Crippen LogP contribution in [0.25, 0.3) is 0 Å². The third kappa shape index (κ3) is 4.23. The number of benzene rings is 1. The van der Waals surface area contributed by atoms with Gasteiger partial charge in [0.1, 0.15) is 6.07 Å². The van der Waals surface area contributed by atoms with Crippen molar-refractivity contribution in [2.45, 2.75) is 13.3 Å². The Morgan fingerprint density at radius 3 is 2.81 bits per heavy atom. The highest BCUT2D eigenvalue weighted by Crippen LogP contribution is 2.08. The van der Waals surface area contributed by atoms with E-state index in [4.69, 9.17) is 17.5 Å². The maximum atomic E-state index is 8.93. The molecular weight excluding hydrogens is 282 g/mol. The largest absolute Gasteiger partial charge is 0.362 e. The maximum absolute atomic E-state index is 8.93. The summed E-state index contributed by atoms with van der Waals surface area (Å²) in [5.41, 5.74) is 2.77. The molecule has 2 rings (SSSR count). The van der Waals surface area contributed by atoms with Crippen LogP contribution < -0.4 is 10.6 Å². The van der Waals surface area contributed by atoms with Crippen LogP contribution in [-0.4, -0.2) is 21.6 Å². The summed E-state index contributed by atoms with van der Waals surface area (Å²) in [6.07, 6.45) is 3.86. The zero-order valence-corrected chi connectivity index (χ0v) is 12.4. The van der Waals surface area contributed by atoms with Gasteiger partial charge < -0.3 is 10.6 Å². The smallest absolute Gasteiger partial charge is 0.183 e. The number of nitrogens with one attached hydrogen (secondary N) is 2. The normalized spacial score (nSPS) is 9.71. The van der Waals surface area contributed by atoms with Gasteiger partial charge >= 0.3 is 0 Å². The Hall–Kier alpha value is -2.52. The van der Waals surface area contributed by atoms with Gasteiger partial charge in [0.25, 0.3) is 0 Å². The quantitative estimate of drug-likeness (QED) is 0.843. The van der Waals surface area contributed by atoms with Crippen molar-refractivity contribution in [1.82, 2.24) is 15.3 Å². The standard InChI is InChI=1S/C15H15N5S/c1-11-4-2-3-5-12(11)6-7-19-15(21)20-14-13(10-16)17-8-9-18-14/h2-5,8-9H,6-7H2,1H3,(H2,18,19,20,21). The van der Waals surface area contributed by atoms with Gasteiger partial charge in [0.2, 0.25) is 0 Å². The molecular formula is C15H15N5S. The topological polar surface area (TPSA) is 73.6 Å². The Morgan fingerprint density at radius 1 is 1.29 bits per heavy atom. The summed E-state index contributed by atoms with van der Waals surface area (Å²) in [5.74, 6) is 0.369. The van der Waals surface area contributed by atoms with E-state index in [0.29, 0.717) is 17.5 Å². The minimum absolute atomic E-state index is 0.223. The van der Waals surface area contributed by atoms with Crippen molar-refractivity contribution in [1.29, 1.82) is 5.26 Å². The van der Waals surface area contributed by atoms with E-state index in [1.807, 2.05) is 18.2 Å². The van der Waals surface area contributed by atoms with Crippen molar-refractivity contribution in [2.24, 2.45) is 0 Å². The second-order valence-corrected chi connectivity index (χ2v) is 4.83. The fourth-order valence-electron chi connectivity index (χ4n) is 1.86. The molecule has 0 bridgehead atoms. The van der Waals surface area contributed by atoms with Gasteiger partial charge in [-0.15, -0.1) is 0 Å². The van der Waals surface area contributed by atoms with E-state index < -0.39 is 0 Å². The molecule has 0 fully saturated rings. The number of rotatable bonds is 4. The number of hydrogen-bond donors (Lipinski definition) is 2. The Kier molecular flexibility index (Phi) is 5.18. The van der Waals surface area contributed by atoms with Gasteiger partial charge in [-0.1, -0.05) is 24.3 Å². The number of nitriles is 1. The molecule has 1 heterocycles. The van der Waals surface area contributed by atoms with Crippen LogP contribution in [0.1, 0.15) is 16.8 Å². The Balaban J connectivity index is 1.86. The van der Waals surface area contributed by atoms with Gasteiger partial charge in [-0.3, -0.25) is 0 Å². The third-order valence-corrected chi connectivity index (χ3v) is 3.22. The van der Waals surface area contributed by atoms with E-state index in [2.05, 4.69) is 39.7 Å². The van der Waals surface area contributed by atoms with Crippen LogP contribution in [0.3, 0.4) is 0 Å². The molecule has 1 aromatic heterocycles. The van der Waals surface area contributed by atoms with Gasteiger partial charge in [0, 0.05) is 18.9 Å². The molecule has 0 spiro atoms. The van der Waals surface area contributed by atoms with Gasteiger partial charge in [0.05, 0.1) is 0 Å². The number of hydrogen-bond acceptors (Lipinski definition) is 4. The van der Waals surface area contributed by atoms with E-state index in [-0.39, 0.29) is 5.69 Å². The minimum Gasteiger partial charge on any atom is -0.362 e. The molecule has 5 nitrogen and oxygen atoms in total. The molecule has 106 valence electrons. The molecule has 1 aromatic carbocycles. The molecule has 0 unspecified atom stereocenters. The van der Waals surface area contributed by atoms with Crippen molar-refractivity contribution >= 4 is 23.1 Å². The van der Waals surface area contributed by atoms with Crippen LogP contribution in [0.5, 0.6) is 0 Å². The molecule has 21 heavy (non-hydrogen) atoms. The average molecular weight is 297 g/mol. The summed E-state index contributed by atoms with van der Waals surface area (Å²) in [4.78, 5) is 7.96. The molecule has 2 aromatic rings. The van der Waals surface area contributed by atoms with Gasteiger partial charge in [-0.25, -0.2) is 9.97 Å². The molecule has 0 aliphatic heterocycles. The first-order valence-corrected chi connectivity index (χ1v) is 6.92. The summed E-state index contributed by atoms with van der Waals surface area (Å²) < 4.78 is 0. The van der Waals surface area contributed by atoms with Crippen molar-refractivity contribution in [3.05, 3.63) is 53.5 Å². The number of nitrogens with zero attached hydrogens (tertiary/aromatic N) is 3. The Morgan fingerprint density at radius 2 is 2.05 bits per heavy atom. The lowest BCUT2D eigenvalue weighted by Gasteiger charge is -2.11. The first kappa shape index (κ1) is 14.9. The summed E-state index contributed by atoms with van der Waals surface area (Å²) in [5, 5.41) is 15.3. The highest BCUT2D eigenvalue weighted by atomic mass is 32.1. The maximum Gasteiger partial charge on any atom is 0.183 e. The minimum atomic E-state index is 0.223. The summed E-state index contributed by atoms with van der Waals surface area (Å²) in [6.45, 7) is 2.80. The molecule has 0 radical (unpaired) electrons. The lowest BCUT2D eigenvalue weighted by atomic mass is 10.1. The third-order valence-electron chi connectivity index (χ3n) is 2.98. The van der Waals surface area contributed by atoms with E-state index in [1.54, 1.807) is 0 Å². The first-order chi connectivity index (χ1) is 10.2. The lowest BCUT2D eigenvalue weighted by Crippen LogP contribution is -2.31. The Labute approximate surface area is 129 Å². The van der Waals surface area contributed by atoms with Gasteiger partial charge in [-0.05, 0) is 36.7 Å². The van der Waals surface area contributed by atoms with E-state index >= 15 is 0 Å². The fraction of sp³-hybridized carbons (Fsp3) is 0.200. The van der Waals surface area contributed by atoms with Crippen molar-refractivity contribution in [3.8, 4) is 6.07 Å². The molecule has 2 N–H and O–H groups in total. The van der Waals surface area contributed by atoms with E-state index in [9.17, 15) is 0 Å². The highest BCUT2D eigenvalue weighted by molar-refractivity contribution is 7.80. The number of aryl methyl sites for hydroxylation is 1. The monoisotopic (exact) mass is 297 g/mol. The van der Waals surface area contributed by atoms with E-state index in [0.717, 1.165) is 6.42 Å². The van der Waals surface area contributed by atoms with Crippen molar-refractivity contribution < 1.29 is 0 Å². The van der Waals surface area contributed by atoms with Crippen molar-refractivity contribution in [2.75, 3.05) is 11.9 Å². The van der Waals surface area contributed by atoms with Crippen LogP contribution in [0, 0.1) is 18.3 Å². The van der Waals surface area contributed by atoms with Gasteiger partial charge in [0.15, 0.2) is 16.6 Å².